The van der Waals surface area contributed by atoms with Gasteiger partial charge in [-0.25, -0.2) is 4.68 Å². The Morgan fingerprint density at radius 1 is 1.24 bits per heavy atom. The number of aromatic nitrogens is 2. The highest BCUT2D eigenvalue weighted by molar-refractivity contribution is 6.31. The van der Waals surface area contributed by atoms with Crippen LogP contribution in [-0.4, -0.2) is 9.78 Å². The Balaban J connectivity index is 1.72. The van der Waals surface area contributed by atoms with Crippen LogP contribution in [0.15, 0.2) is 35.3 Å². The molecule has 1 fully saturated rings. The van der Waals surface area contributed by atoms with E-state index in [1.165, 1.54) is 48.5 Å². The Labute approximate surface area is 153 Å². The van der Waals surface area contributed by atoms with E-state index in [0.29, 0.717) is 18.2 Å². The number of halogens is 1. The Morgan fingerprint density at radius 2 is 1.92 bits per heavy atom. The molecule has 1 aliphatic carbocycles. The van der Waals surface area contributed by atoms with Gasteiger partial charge in [-0.15, -0.1) is 0 Å². The van der Waals surface area contributed by atoms with E-state index in [2.05, 4.69) is 29.4 Å². The lowest BCUT2D eigenvalue weighted by Crippen LogP contribution is -2.23. The fourth-order valence-corrected chi connectivity index (χ4v) is 3.68. The van der Waals surface area contributed by atoms with Crippen molar-refractivity contribution in [2.24, 2.45) is 0 Å². The summed E-state index contributed by atoms with van der Waals surface area (Å²) in [4.78, 5) is 12.0. The molecule has 1 aromatic heterocycles. The molecule has 4 nitrogen and oxygen atoms in total. The first-order chi connectivity index (χ1) is 12.1. The van der Waals surface area contributed by atoms with Gasteiger partial charge in [-0.2, -0.15) is 5.10 Å². The minimum Gasteiger partial charge on any atom is -0.483 e. The zero-order chi connectivity index (χ0) is 17.8. The number of hydrogen-bond donors (Lipinski definition) is 0. The van der Waals surface area contributed by atoms with Crippen LogP contribution in [0, 0.1) is 0 Å². The molecule has 1 atom stereocenters. The first kappa shape index (κ1) is 18.0. The third-order valence-corrected chi connectivity index (χ3v) is 5.39. The molecule has 0 bridgehead atoms. The van der Waals surface area contributed by atoms with E-state index in [1.807, 2.05) is 13.8 Å². The van der Waals surface area contributed by atoms with Gasteiger partial charge in [0.05, 0.1) is 6.20 Å². The van der Waals surface area contributed by atoms with E-state index in [4.69, 9.17) is 16.3 Å². The molecule has 1 saturated carbocycles. The predicted molar refractivity (Wildman–Crippen MR) is 100 cm³/mol. The van der Waals surface area contributed by atoms with Gasteiger partial charge in [0.15, 0.2) is 10.8 Å². The van der Waals surface area contributed by atoms with Crippen LogP contribution in [0.3, 0.4) is 0 Å². The summed E-state index contributed by atoms with van der Waals surface area (Å²) in [6.45, 7) is 4.29. The van der Waals surface area contributed by atoms with Crippen LogP contribution in [0.2, 0.25) is 5.02 Å². The maximum absolute atomic E-state index is 12.0. The quantitative estimate of drug-likeness (QED) is 0.744. The van der Waals surface area contributed by atoms with E-state index in [-0.39, 0.29) is 16.7 Å². The molecule has 1 aromatic carbocycles. The average Bonchev–Trinajstić information content (AvgIpc) is 2.66. The van der Waals surface area contributed by atoms with Crippen molar-refractivity contribution in [3.8, 4) is 5.75 Å². The smallest absolute Gasteiger partial charge is 0.289 e. The van der Waals surface area contributed by atoms with Crippen molar-refractivity contribution in [2.45, 2.75) is 64.5 Å². The number of aryl methyl sites for hydroxylation is 1. The highest BCUT2D eigenvalue weighted by atomic mass is 35.5. The highest BCUT2D eigenvalue weighted by Gasteiger charge is 2.17. The molecule has 3 rings (SSSR count). The normalized spacial score (nSPS) is 16.6. The summed E-state index contributed by atoms with van der Waals surface area (Å²) in [6, 6.07) is 8.65. The monoisotopic (exact) mass is 360 g/mol. The molecule has 134 valence electrons. The molecule has 0 amide bonds. The van der Waals surface area contributed by atoms with Gasteiger partial charge >= 0.3 is 0 Å². The summed E-state index contributed by atoms with van der Waals surface area (Å²) in [7, 11) is 0. The average molecular weight is 361 g/mol. The Bertz CT molecular complexity index is 764. The molecule has 0 radical (unpaired) electrons. The van der Waals surface area contributed by atoms with E-state index >= 15 is 0 Å². The Morgan fingerprint density at radius 3 is 2.56 bits per heavy atom. The number of ether oxygens (including phenoxy) is 1. The van der Waals surface area contributed by atoms with Crippen LogP contribution in [0.1, 0.15) is 69.1 Å². The van der Waals surface area contributed by atoms with Gasteiger partial charge < -0.3 is 4.74 Å². The fourth-order valence-electron chi connectivity index (χ4n) is 3.49. The van der Waals surface area contributed by atoms with Crippen molar-refractivity contribution in [1.82, 2.24) is 9.78 Å². The van der Waals surface area contributed by atoms with Crippen LogP contribution >= 0.6 is 11.6 Å². The lowest BCUT2D eigenvalue weighted by atomic mass is 9.84. The van der Waals surface area contributed by atoms with Crippen LogP contribution in [0.5, 0.6) is 5.75 Å². The zero-order valence-corrected chi connectivity index (χ0v) is 15.6. The third kappa shape index (κ3) is 4.06. The molecule has 0 saturated heterocycles. The summed E-state index contributed by atoms with van der Waals surface area (Å²) in [5.74, 6) is 1.03. The topological polar surface area (TPSA) is 44.1 Å². The first-order valence-electron chi connectivity index (χ1n) is 9.12. The fraction of sp³-hybridized carbons (Fsp3) is 0.500. The summed E-state index contributed by atoms with van der Waals surface area (Å²) in [5.41, 5.74) is 2.16. The second-order valence-corrected chi connectivity index (χ2v) is 7.08. The van der Waals surface area contributed by atoms with Crippen molar-refractivity contribution in [2.75, 3.05) is 0 Å². The molecule has 1 heterocycles. The number of hydrogen-bond acceptors (Lipinski definition) is 3. The minimum absolute atomic E-state index is 0.0857. The van der Waals surface area contributed by atoms with Crippen molar-refractivity contribution in [1.29, 1.82) is 0 Å². The molecule has 0 N–H and O–H groups in total. The van der Waals surface area contributed by atoms with Crippen LogP contribution in [-0.2, 0) is 6.54 Å². The van der Waals surface area contributed by atoms with Crippen LogP contribution in [0.25, 0.3) is 0 Å². The Kier molecular flexibility index (Phi) is 5.79. The van der Waals surface area contributed by atoms with Crippen molar-refractivity contribution in [3.63, 3.8) is 0 Å². The molecule has 0 spiro atoms. The van der Waals surface area contributed by atoms with Gasteiger partial charge in [0.2, 0.25) is 0 Å². The third-order valence-electron chi connectivity index (χ3n) is 5.04. The van der Waals surface area contributed by atoms with Crippen molar-refractivity contribution < 1.29 is 4.74 Å². The summed E-state index contributed by atoms with van der Waals surface area (Å²) in [6.07, 6.45) is 7.93. The van der Waals surface area contributed by atoms with Crippen molar-refractivity contribution >= 4 is 11.6 Å². The Hall–Kier alpha value is -1.81. The molecule has 1 aliphatic rings. The predicted octanol–water partition coefficient (Wildman–Crippen LogP) is 5.10. The summed E-state index contributed by atoms with van der Waals surface area (Å²) in [5, 5.41) is 4.16. The van der Waals surface area contributed by atoms with Gasteiger partial charge in [0.1, 0.15) is 6.10 Å². The summed E-state index contributed by atoms with van der Waals surface area (Å²) < 4.78 is 7.21. The van der Waals surface area contributed by atoms with Gasteiger partial charge in [0.25, 0.3) is 5.56 Å². The molecule has 0 aliphatic heterocycles. The van der Waals surface area contributed by atoms with E-state index in [1.54, 1.807) is 0 Å². The molecular formula is C20H25ClN2O2. The van der Waals surface area contributed by atoms with Crippen molar-refractivity contribution in [3.05, 3.63) is 57.0 Å². The molecule has 2 aromatic rings. The van der Waals surface area contributed by atoms with Crippen LogP contribution < -0.4 is 10.3 Å². The number of nitrogens with zero attached hydrogens (tertiary/aromatic N) is 2. The maximum Gasteiger partial charge on any atom is 0.289 e. The molecule has 25 heavy (non-hydrogen) atoms. The minimum atomic E-state index is -0.318. The molecule has 1 unspecified atom stereocenters. The van der Waals surface area contributed by atoms with Gasteiger partial charge in [0, 0.05) is 6.54 Å². The highest BCUT2D eigenvalue weighted by Crippen LogP contribution is 2.33. The second kappa shape index (κ2) is 8.05. The van der Waals surface area contributed by atoms with E-state index in [0.717, 1.165) is 5.56 Å². The van der Waals surface area contributed by atoms with Gasteiger partial charge in [-0.3, -0.25) is 4.79 Å². The lowest BCUT2D eigenvalue weighted by molar-refractivity contribution is 0.224. The van der Waals surface area contributed by atoms with Gasteiger partial charge in [-0.05, 0) is 43.7 Å². The van der Waals surface area contributed by atoms with E-state index < -0.39 is 0 Å². The lowest BCUT2D eigenvalue weighted by Gasteiger charge is -2.22. The van der Waals surface area contributed by atoms with Crippen LogP contribution in [0.4, 0.5) is 0 Å². The molecular weight excluding hydrogens is 336 g/mol. The standard InChI is InChI=1S/C20H25ClN2O2/c1-3-23-20(24)19(21)18(13-22-23)25-14(2)15-9-11-17(12-10-15)16-7-5-4-6-8-16/h9-14,16H,3-8H2,1-2H3. The maximum atomic E-state index is 12.0. The number of benzene rings is 1. The number of rotatable bonds is 5. The zero-order valence-electron chi connectivity index (χ0n) is 14.9. The summed E-state index contributed by atoms with van der Waals surface area (Å²) >= 11 is 6.14. The first-order valence-corrected chi connectivity index (χ1v) is 9.50. The largest absolute Gasteiger partial charge is 0.483 e. The molecule has 5 heteroatoms. The van der Waals surface area contributed by atoms with Gasteiger partial charge in [-0.1, -0.05) is 55.1 Å². The van der Waals surface area contributed by atoms with E-state index in [9.17, 15) is 4.79 Å². The SMILES string of the molecule is CCn1ncc(OC(C)c2ccc(C3CCCCC3)cc2)c(Cl)c1=O. The second-order valence-electron chi connectivity index (χ2n) is 6.71.